The summed E-state index contributed by atoms with van der Waals surface area (Å²) in [7, 11) is 0. The van der Waals surface area contributed by atoms with Crippen LogP contribution in [0.2, 0.25) is 0 Å². The van der Waals surface area contributed by atoms with Crippen molar-refractivity contribution in [2.24, 2.45) is 23.7 Å². The molecule has 1 aliphatic heterocycles. The van der Waals surface area contributed by atoms with Gasteiger partial charge in [0, 0.05) is 23.7 Å². The van der Waals surface area contributed by atoms with Crippen molar-refractivity contribution in [2.45, 2.75) is 81.2 Å². The Morgan fingerprint density at radius 2 is 1.91 bits per heavy atom. The minimum atomic E-state index is -0.799. The SMILES string of the molecule is CCCSc1nc([C@]2(CC(=O)O)CCCNC2)ccc1C(=O)NC1C2CC3CC(C2)CC1C3. The monoisotopic (exact) mass is 471 g/mol. The van der Waals surface area contributed by atoms with Crippen molar-refractivity contribution in [3.63, 3.8) is 0 Å². The highest BCUT2D eigenvalue weighted by Gasteiger charge is 2.48. The number of carboxylic acids is 1. The number of carboxylic acid groups (broad SMARTS) is 1. The molecule has 1 saturated heterocycles. The Kier molecular flexibility index (Phi) is 6.72. The number of carbonyl (C=O) groups is 2. The number of nitrogens with one attached hydrogen (secondary N) is 2. The van der Waals surface area contributed by atoms with E-state index in [2.05, 4.69) is 17.6 Å². The third-order valence-corrected chi connectivity index (χ3v) is 9.77. The molecule has 5 fully saturated rings. The molecule has 4 aliphatic carbocycles. The molecule has 180 valence electrons. The average molecular weight is 472 g/mol. The molecular formula is C26H37N3O3S. The Balaban J connectivity index is 1.40. The van der Waals surface area contributed by atoms with Gasteiger partial charge in [-0.15, -0.1) is 11.8 Å². The van der Waals surface area contributed by atoms with E-state index in [1.165, 1.54) is 32.1 Å². The number of nitrogens with zero attached hydrogens (tertiary/aromatic N) is 1. The highest BCUT2D eigenvalue weighted by atomic mass is 32.2. The van der Waals surface area contributed by atoms with Gasteiger partial charge in [-0.05, 0) is 99.5 Å². The first kappa shape index (κ1) is 23.2. The fourth-order valence-electron chi connectivity index (χ4n) is 7.32. The fraction of sp³-hybridized carbons (Fsp3) is 0.731. The van der Waals surface area contributed by atoms with Crippen LogP contribution in [0.1, 0.15) is 80.8 Å². The second-order valence-electron chi connectivity index (χ2n) is 11.0. The van der Waals surface area contributed by atoms with Gasteiger partial charge in [0.05, 0.1) is 12.0 Å². The lowest BCUT2D eigenvalue weighted by atomic mass is 9.54. The zero-order valence-corrected chi connectivity index (χ0v) is 20.5. The number of carbonyl (C=O) groups excluding carboxylic acids is 1. The van der Waals surface area contributed by atoms with E-state index >= 15 is 0 Å². The summed E-state index contributed by atoms with van der Waals surface area (Å²) in [5, 5.41) is 17.2. The summed E-state index contributed by atoms with van der Waals surface area (Å²) < 4.78 is 0. The van der Waals surface area contributed by atoms with Gasteiger partial charge in [0.1, 0.15) is 5.03 Å². The van der Waals surface area contributed by atoms with Gasteiger partial charge >= 0.3 is 5.97 Å². The average Bonchev–Trinajstić information content (AvgIpc) is 2.79. The van der Waals surface area contributed by atoms with Gasteiger partial charge in [-0.1, -0.05) is 6.92 Å². The lowest BCUT2D eigenvalue weighted by molar-refractivity contribution is -0.138. The van der Waals surface area contributed by atoms with Gasteiger partial charge in [-0.3, -0.25) is 9.59 Å². The molecule has 6 rings (SSSR count). The number of piperidine rings is 1. The molecule has 0 aromatic carbocycles. The molecule has 0 spiro atoms. The third-order valence-electron chi connectivity index (χ3n) is 8.58. The highest BCUT2D eigenvalue weighted by Crippen LogP contribution is 2.53. The van der Waals surface area contributed by atoms with Crippen LogP contribution in [0.5, 0.6) is 0 Å². The van der Waals surface area contributed by atoms with Crippen molar-refractivity contribution in [3.8, 4) is 0 Å². The molecule has 6 nitrogen and oxygen atoms in total. The molecule has 1 aromatic heterocycles. The molecule has 0 radical (unpaired) electrons. The quantitative estimate of drug-likeness (QED) is 0.492. The number of hydrogen-bond donors (Lipinski definition) is 3. The molecule has 1 amide bonds. The van der Waals surface area contributed by atoms with Crippen LogP contribution in [0.25, 0.3) is 0 Å². The summed E-state index contributed by atoms with van der Waals surface area (Å²) in [6, 6.07) is 4.12. The summed E-state index contributed by atoms with van der Waals surface area (Å²) >= 11 is 1.62. The lowest BCUT2D eigenvalue weighted by Crippen LogP contribution is -2.55. The molecule has 3 N–H and O–H groups in total. The van der Waals surface area contributed by atoms with Crippen LogP contribution < -0.4 is 10.6 Å². The molecule has 33 heavy (non-hydrogen) atoms. The maximum atomic E-state index is 13.5. The van der Waals surface area contributed by atoms with Crippen molar-refractivity contribution < 1.29 is 14.7 Å². The van der Waals surface area contributed by atoms with E-state index in [0.29, 0.717) is 30.0 Å². The highest BCUT2D eigenvalue weighted by molar-refractivity contribution is 7.99. The molecule has 4 bridgehead atoms. The molecule has 5 aliphatic rings. The fourth-order valence-corrected chi connectivity index (χ4v) is 8.20. The van der Waals surface area contributed by atoms with Crippen molar-refractivity contribution in [3.05, 3.63) is 23.4 Å². The van der Waals surface area contributed by atoms with Crippen molar-refractivity contribution >= 4 is 23.6 Å². The predicted molar refractivity (Wildman–Crippen MR) is 130 cm³/mol. The third kappa shape index (κ3) is 4.68. The molecule has 4 saturated carbocycles. The molecular weight excluding hydrogens is 434 g/mol. The number of thioether (sulfide) groups is 1. The summed E-state index contributed by atoms with van der Waals surface area (Å²) in [4.78, 5) is 30.2. The van der Waals surface area contributed by atoms with Crippen LogP contribution in [0.4, 0.5) is 0 Å². The second kappa shape index (κ2) is 9.57. The number of hydrogen-bond acceptors (Lipinski definition) is 5. The van der Waals surface area contributed by atoms with Crippen LogP contribution in [0.3, 0.4) is 0 Å². The van der Waals surface area contributed by atoms with Crippen LogP contribution in [-0.2, 0) is 10.2 Å². The van der Waals surface area contributed by atoms with E-state index in [-0.39, 0.29) is 12.3 Å². The number of pyridine rings is 1. The lowest BCUT2D eigenvalue weighted by Gasteiger charge is -2.54. The predicted octanol–water partition coefficient (Wildman–Crippen LogP) is 4.23. The normalized spacial score (nSPS) is 34.9. The van der Waals surface area contributed by atoms with E-state index in [1.54, 1.807) is 11.8 Å². The van der Waals surface area contributed by atoms with Crippen LogP contribution in [-0.4, -0.2) is 46.9 Å². The van der Waals surface area contributed by atoms with Gasteiger partial charge in [-0.25, -0.2) is 4.98 Å². The maximum Gasteiger partial charge on any atom is 0.304 e. The Labute approximate surface area is 201 Å². The van der Waals surface area contributed by atoms with Crippen LogP contribution in [0, 0.1) is 23.7 Å². The smallest absolute Gasteiger partial charge is 0.304 e. The van der Waals surface area contributed by atoms with Gasteiger partial charge in [0.25, 0.3) is 5.91 Å². The van der Waals surface area contributed by atoms with E-state index in [1.807, 2.05) is 12.1 Å². The Hall–Kier alpha value is -1.60. The molecule has 0 unspecified atom stereocenters. The summed E-state index contributed by atoms with van der Waals surface area (Å²) in [6.45, 7) is 3.65. The number of aliphatic carboxylic acids is 1. The first-order valence-electron chi connectivity index (χ1n) is 12.8. The van der Waals surface area contributed by atoms with E-state index in [4.69, 9.17) is 4.98 Å². The number of amides is 1. The van der Waals surface area contributed by atoms with Gasteiger partial charge in [0.15, 0.2) is 0 Å². The van der Waals surface area contributed by atoms with Crippen molar-refractivity contribution in [2.75, 3.05) is 18.8 Å². The van der Waals surface area contributed by atoms with E-state index in [9.17, 15) is 14.7 Å². The van der Waals surface area contributed by atoms with E-state index < -0.39 is 11.4 Å². The minimum Gasteiger partial charge on any atom is -0.481 e. The Bertz CT molecular complexity index is 871. The Morgan fingerprint density at radius 1 is 1.18 bits per heavy atom. The zero-order valence-electron chi connectivity index (χ0n) is 19.6. The van der Waals surface area contributed by atoms with Crippen LogP contribution in [0.15, 0.2) is 17.2 Å². The Morgan fingerprint density at radius 3 is 2.52 bits per heavy atom. The molecule has 1 atom stereocenters. The van der Waals surface area contributed by atoms with Crippen molar-refractivity contribution in [1.29, 1.82) is 0 Å². The maximum absolute atomic E-state index is 13.5. The van der Waals surface area contributed by atoms with Gasteiger partial charge < -0.3 is 15.7 Å². The first-order chi connectivity index (χ1) is 16.0. The zero-order chi connectivity index (χ0) is 23.0. The number of rotatable bonds is 8. The van der Waals surface area contributed by atoms with Crippen LogP contribution >= 0.6 is 11.8 Å². The first-order valence-corrected chi connectivity index (χ1v) is 13.8. The van der Waals surface area contributed by atoms with Crippen molar-refractivity contribution in [1.82, 2.24) is 15.6 Å². The summed E-state index contributed by atoms with van der Waals surface area (Å²) in [5.74, 6) is 3.12. The number of aromatic nitrogens is 1. The second-order valence-corrected chi connectivity index (χ2v) is 12.0. The van der Waals surface area contributed by atoms with Gasteiger partial charge in [-0.2, -0.15) is 0 Å². The minimum absolute atomic E-state index is 0.000759. The topological polar surface area (TPSA) is 91.3 Å². The summed E-state index contributed by atoms with van der Waals surface area (Å²) in [6.07, 6.45) is 9.30. The summed E-state index contributed by atoms with van der Waals surface area (Å²) in [5.41, 5.74) is 0.948. The molecule has 7 heteroatoms. The van der Waals surface area contributed by atoms with E-state index in [0.717, 1.165) is 54.1 Å². The largest absolute Gasteiger partial charge is 0.481 e. The molecule has 1 aromatic rings. The van der Waals surface area contributed by atoms with Gasteiger partial charge in [0.2, 0.25) is 0 Å². The standard InChI is InChI=1S/C26H37N3O3S/c1-2-8-33-25-20(4-5-21(28-25)26(14-22(30)31)6-3-7-27-15-26)24(32)29-23-18-10-16-9-17(12-18)13-19(23)11-16/h4-5,16-19,23,27H,2-3,6-15H2,1H3,(H,29,32)(H,30,31)/t16?,17?,18?,19?,23?,26-/m0/s1. The molecule has 2 heterocycles.